The fourth-order valence-electron chi connectivity index (χ4n) is 4.17. The summed E-state index contributed by atoms with van der Waals surface area (Å²) in [6, 6.07) is 7.59. The molecule has 1 heterocycles. The number of fused-ring (bicyclic) bond motifs is 1. The minimum Gasteiger partial charge on any atom is -0.496 e. The van der Waals surface area contributed by atoms with Gasteiger partial charge in [-0.2, -0.15) is 0 Å². The molecule has 1 aromatic rings. The Balaban J connectivity index is 1.47. The first-order chi connectivity index (χ1) is 15.1. The van der Waals surface area contributed by atoms with Gasteiger partial charge >= 0.3 is 5.91 Å². The molecule has 0 spiro atoms. The van der Waals surface area contributed by atoms with Gasteiger partial charge in [0.15, 0.2) is 11.9 Å². The van der Waals surface area contributed by atoms with Gasteiger partial charge in [-0.3, -0.25) is 9.59 Å². The zero-order chi connectivity index (χ0) is 21.6. The molecule has 1 atom stereocenters. The lowest BCUT2D eigenvalue weighted by Crippen LogP contribution is -2.38. The topological polar surface area (TPSA) is 77.0 Å². The molecular formula is C25H28N2O4. The second-order valence-electron chi connectivity index (χ2n) is 8.11. The number of rotatable bonds is 4. The molecular weight excluding hydrogens is 392 g/mol. The van der Waals surface area contributed by atoms with Gasteiger partial charge in [-0.05, 0) is 43.2 Å². The van der Waals surface area contributed by atoms with E-state index in [1.54, 1.807) is 31.4 Å². The van der Waals surface area contributed by atoms with Gasteiger partial charge in [0, 0.05) is 17.2 Å². The Morgan fingerprint density at radius 2 is 1.90 bits per heavy atom. The average molecular weight is 421 g/mol. The molecule has 4 rings (SSSR count). The maximum Gasteiger partial charge on any atom is 0.312 e. The zero-order valence-electron chi connectivity index (χ0n) is 17.8. The average Bonchev–Trinajstić information content (AvgIpc) is 2.76. The third-order valence-electron chi connectivity index (χ3n) is 5.87. The predicted octanol–water partition coefficient (Wildman–Crippen LogP) is 4.13. The van der Waals surface area contributed by atoms with Crippen molar-refractivity contribution in [2.45, 2.75) is 57.1 Å². The Hall–Kier alpha value is -3.15. The van der Waals surface area contributed by atoms with Gasteiger partial charge in [-0.15, -0.1) is 0 Å². The number of nitrogens with one attached hydrogen (secondary N) is 1. The van der Waals surface area contributed by atoms with Crippen molar-refractivity contribution < 1.29 is 19.1 Å². The Morgan fingerprint density at radius 1 is 1.16 bits per heavy atom. The SMILES string of the molecule is COc1ccccc1/C=C1\OC2C=CC(C(=O)NC3CCCCCCC3)=CC2=NC1=O. The summed E-state index contributed by atoms with van der Waals surface area (Å²) in [6.45, 7) is 0. The van der Waals surface area contributed by atoms with E-state index in [9.17, 15) is 9.59 Å². The van der Waals surface area contributed by atoms with Crippen molar-refractivity contribution in [2.75, 3.05) is 7.11 Å². The number of carbonyl (C=O) groups excluding carboxylic acids is 2. The number of benzene rings is 1. The maximum absolute atomic E-state index is 12.8. The standard InChI is InChI=1S/C25H28N2O4/c1-30-21-12-8-7-9-17(21)16-23-25(29)27-20-15-18(13-14-22(20)31-23)24(28)26-19-10-5-3-2-4-6-11-19/h7-9,12-16,19,22H,2-6,10-11H2,1H3,(H,26,28)/b23-16-. The van der Waals surface area contributed by atoms with Gasteiger partial charge in [0.1, 0.15) is 5.75 Å². The molecule has 2 aliphatic carbocycles. The molecule has 3 aliphatic rings. The third kappa shape index (κ3) is 5.13. The monoisotopic (exact) mass is 420 g/mol. The van der Waals surface area contributed by atoms with E-state index in [0.29, 0.717) is 17.0 Å². The Kier molecular flexibility index (Phi) is 6.65. The molecule has 1 aromatic carbocycles. The van der Waals surface area contributed by atoms with Crippen LogP contribution in [0.4, 0.5) is 0 Å². The molecule has 1 saturated carbocycles. The minimum absolute atomic E-state index is 0.120. The van der Waals surface area contributed by atoms with Crippen LogP contribution in [0.25, 0.3) is 6.08 Å². The summed E-state index contributed by atoms with van der Waals surface area (Å²) in [5, 5.41) is 3.15. The lowest BCUT2D eigenvalue weighted by molar-refractivity contribution is -0.119. The minimum atomic E-state index is -0.489. The van der Waals surface area contributed by atoms with Gasteiger partial charge in [0.2, 0.25) is 0 Å². The van der Waals surface area contributed by atoms with Gasteiger partial charge in [0.25, 0.3) is 5.91 Å². The van der Waals surface area contributed by atoms with Crippen LogP contribution in [-0.2, 0) is 14.3 Å². The summed E-state index contributed by atoms with van der Waals surface area (Å²) < 4.78 is 11.2. The second-order valence-corrected chi connectivity index (χ2v) is 8.11. The molecule has 1 unspecified atom stereocenters. The molecule has 6 heteroatoms. The van der Waals surface area contributed by atoms with Gasteiger partial charge < -0.3 is 14.8 Å². The lowest BCUT2D eigenvalue weighted by Gasteiger charge is -2.25. The van der Waals surface area contributed by atoms with Crippen LogP contribution < -0.4 is 10.1 Å². The zero-order valence-corrected chi connectivity index (χ0v) is 17.8. The Labute approximate surface area is 182 Å². The highest BCUT2D eigenvalue weighted by atomic mass is 16.5. The summed E-state index contributed by atoms with van der Waals surface area (Å²) in [7, 11) is 1.58. The van der Waals surface area contributed by atoms with Crippen molar-refractivity contribution in [3.05, 3.63) is 59.4 Å². The highest BCUT2D eigenvalue weighted by Crippen LogP contribution is 2.26. The number of para-hydroxylation sites is 1. The van der Waals surface area contributed by atoms with E-state index in [1.165, 1.54) is 19.3 Å². The van der Waals surface area contributed by atoms with Gasteiger partial charge in [-0.25, -0.2) is 4.99 Å². The Bertz CT molecular complexity index is 965. The number of methoxy groups -OCH3 is 1. The van der Waals surface area contributed by atoms with Crippen molar-refractivity contribution >= 4 is 23.6 Å². The van der Waals surface area contributed by atoms with Crippen molar-refractivity contribution in [3.63, 3.8) is 0 Å². The van der Waals surface area contributed by atoms with Crippen molar-refractivity contribution in [1.29, 1.82) is 0 Å². The maximum atomic E-state index is 12.8. The number of hydrogen-bond acceptors (Lipinski definition) is 4. The van der Waals surface area contributed by atoms with Crippen LogP contribution in [-0.4, -0.2) is 36.8 Å². The van der Waals surface area contributed by atoms with Crippen LogP contribution in [0.3, 0.4) is 0 Å². The van der Waals surface area contributed by atoms with E-state index in [-0.39, 0.29) is 17.7 Å². The molecule has 0 bridgehead atoms. The molecule has 1 N–H and O–H groups in total. The van der Waals surface area contributed by atoms with Crippen molar-refractivity contribution in [3.8, 4) is 5.75 Å². The fourth-order valence-corrected chi connectivity index (χ4v) is 4.17. The van der Waals surface area contributed by atoms with E-state index in [2.05, 4.69) is 10.3 Å². The van der Waals surface area contributed by atoms with Crippen LogP contribution in [0.15, 0.2) is 58.8 Å². The number of amides is 2. The summed E-state index contributed by atoms with van der Waals surface area (Å²) in [4.78, 5) is 29.5. The number of nitrogens with zero attached hydrogens (tertiary/aromatic N) is 1. The number of ether oxygens (including phenoxy) is 2. The van der Waals surface area contributed by atoms with Gasteiger partial charge in [0.05, 0.1) is 12.8 Å². The smallest absolute Gasteiger partial charge is 0.312 e. The lowest BCUT2D eigenvalue weighted by atomic mass is 9.96. The fraction of sp³-hybridized carbons (Fsp3) is 0.400. The molecule has 162 valence electrons. The predicted molar refractivity (Wildman–Crippen MR) is 120 cm³/mol. The third-order valence-corrected chi connectivity index (χ3v) is 5.87. The first-order valence-corrected chi connectivity index (χ1v) is 11.0. The van der Waals surface area contributed by atoms with Crippen molar-refractivity contribution in [1.82, 2.24) is 5.32 Å². The van der Waals surface area contributed by atoms with E-state index >= 15 is 0 Å². The molecule has 1 fully saturated rings. The van der Waals surface area contributed by atoms with Crippen LogP contribution in [0.1, 0.15) is 50.5 Å². The van der Waals surface area contributed by atoms with E-state index < -0.39 is 12.0 Å². The summed E-state index contributed by atoms with van der Waals surface area (Å²) in [5.41, 5.74) is 1.69. The molecule has 0 aromatic heterocycles. The first kappa shape index (κ1) is 21.1. The summed E-state index contributed by atoms with van der Waals surface area (Å²) >= 11 is 0. The van der Waals surface area contributed by atoms with Crippen LogP contribution in [0.2, 0.25) is 0 Å². The first-order valence-electron chi connectivity index (χ1n) is 11.0. The van der Waals surface area contributed by atoms with Gasteiger partial charge in [-0.1, -0.05) is 50.3 Å². The number of aliphatic imine (C=N–C) groups is 1. The normalized spacial score (nSPS) is 23.1. The van der Waals surface area contributed by atoms with Crippen LogP contribution in [0.5, 0.6) is 5.75 Å². The number of carbonyl (C=O) groups is 2. The van der Waals surface area contributed by atoms with Crippen LogP contribution >= 0.6 is 0 Å². The molecule has 2 amide bonds. The molecule has 1 aliphatic heterocycles. The van der Waals surface area contributed by atoms with E-state index in [1.807, 2.05) is 24.3 Å². The Morgan fingerprint density at radius 3 is 2.68 bits per heavy atom. The van der Waals surface area contributed by atoms with E-state index in [0.717, 1.165) is 31.2 Å². The molecule has 0 saturated heterocycles. The quantitative estimate of drug-likeness (QED) is 0.743. The highest BCUT2D eigenvalue weighted by molar-refractivity contribution is 6.17. The van der Waals surface area contributed by atoms with Crippen LogP contribution in [0, 0.1) is 0 Å². The van der Waals surface area contributed by atoms with E-state index in [4.69, 9.17) is 9.47 Å². The molecule has 31 heavy (non-hydrogen) atoms. The summed E-state index contributed by atoms with van der Waals surface area (Å²) in [5.74, 6) is 0.210. The second kappa shape index (κ2) is 9.77. The molecule has 6 nitrogen and oxygen atoms in total. The summed E-state index contributed by atoms with van der Waals surface area (Å²) in [6.07, 6.45) is 14.4. The molecule has 0 radical (unpaired) electrons. The largest absolute Gasteiger partial charge is 0.496 e. The van der Waals surface area contributed by atoms with Crippen molar-refractivity contribution in [2.24, 2.45) is 4.99 Å². The highest BCUT2D eigenvalue weighted by Gasteiger charge is 2.29. The number of hydrogen-bond donors (Lipinski definition) is 1.